The molecule has 0 saturated carbocycles. The van der Waals surface area contributed by atoms with Gasteiger partial charge in [-0.25, -0.2) is 0 Å². The van der Waals surface area contributed by atoms with Crippen LogP contribution in [0.3, 0.4) is 0 Å². The Morgan fingerprint density at radius 1 is 0.833 bits per heavy atom. The van der Waals surface area contributed by atoms with Crippen LogP contribution >= 0.6 is 0 Å². The lowest BCUT2D eigenvalue weighted by Gasteiger charge is -2.42. The van der Waals surface area contributed by atoms with Crippen LogP contribution in [0.1, 0.15) is 55.2 Å². The molecule has 2 aliphatic rings. The van der Waals surface area contributed by atoms with Gasteiger partial charge in [0.05, 0.1) is 0 Å². The van der Waals surface area contributed by atoms with E-state index < -0.39 is 0 Å². The predicted molar refractivity (Wildman–Crippen MR) is 81.2 cm³/mol. The van der Waals surface area contributed by atoms with Crippen molar-refractivity contribution in [1.82, 2.24) is 0 Å². The first kappa shape index (κ1) is 12.3. The highest BCUT2D eigenvalue weighted by molar-refractivity contribution is 6.77. The Labute approximate surface area is 112 Å². The van der Waals surface area contributed by atoms with Gasteiger partial charge in [-0.3, -0.25) is 0 Å². The van der Waals surface area contributed by atoms with Gasteiger partial charge in [-0.15, -0.1) is 0 Å². The SMILES string of the molecule is Cc1cc(C)c(B2C3CCCC2CCC3)c(C)c1. The van der Waals surface area contributed by atoms with E-state index in [2.05, 4.69) is 32.9 Å². The van der Waals surface area contributed by atoms with Crippen LogP contribution < -0.4 is 5.46 Å². The third-order valence-corrected chi connectivity index (χ3v) is 5.39. The van der Waals surface area contributed by atoms with Crippen molar-refractivity contribution >= 4 is 12.2 Å². The van der Waals surface area contributed by atoms with E-state index in [4.69, 9.17) is 0 Å². The molecule has 2 heterocycles. The van der Waals surface area contributed by atoms with E-state index in [1.54, 1.807) is 16.6 Å². The van der Waals surface area contributed by atoms with Gasteiger partial charge >= 0.3 is 0 Å². The molecule has 0 N–H and O–H groups in total. The Balaban J connectivity index is 2.03. The van der Waals surface area contributed by atoms with Crippen molar-refractivity contribution in [2.75, 3.05) is 0 Å². The van der Waals surface area contributed by atoms with Gasteiger partial charge in [0.15, 0.2) is 6.71 Å². The van der Waals surface area contributed by atoms with E-state index in [0.717, 1.165) is 18.3 Å². The fourth-order valence-corrected chi connectivity index (χ4v) is 4.86. The van der Waals surface area contributed by atoms with Crippen LogP contribution in [0.2, 0.25) is 11.6 Å². The lowest BCUT2D eigenvalue weighted by Crippen LogP contribution is -2.46. The summed E-state index contributed by atoms with van der Waals surface area (Å²) in [5.41, 5.74) is 6.25. The topological polar surface area (TPSA) is 0 Å². The van der Waals surface area contributed by atoms with Gasteiger partial charge in [-0.05, 0) is 20.8 Å². The summed E-state index contributed by atoms with van der Waals surface area (Å²) in [6.07, 6.45) is 8.88. The maximum absolute atomic E-state index is 2.40. The van der Waals surface area contributed by atoms with E-state index in [9.17, 15) is 0 Å². The quantitative estimate of drug-likeness (QED) is 0.637. The van der Waals surface area contributed by atoms with Crippen LogP contribution in [0.4, 0.5) is 0 Å². The van der Waals surface area contributed by atoms with Crippen molar-refractivity contribution in [1.29, 1.82) is 0 Å². The summed E-state index contributed by atoms with van der Waals surface area (Å²) >= 11 is 0. The molecule has 0 spiro atoms. The molecule has 1 aromatic rings. The standard InChI is InChI=1S/C17H25B/c1-12-10-13(2)17(14(3)11-12)18-15-6-4-7-16(18)9-5-8-15/h10-11,15-16H,4-9H2,1-3H3. The Morgan fingerprint density at radius 3 is 1.72 bits per heavy atom. The summed E-state index contributed by atoms with van der Waals surface area (Å²) in [6.45, 7) is 7.78. The zero-order valence-electron chi connectivity index (χ0n) is 12.1. The first-order valence-electron chi connectivity index (χ1n) is 7.74. The second-order valence-electron chi connectivity index (χ2n) is 6.72. The molecule has 0 aromatic heterocycles. The number of aryl methyl sites for hydroxylation is 3. The summed E-state index contributed by atoms with van der Waals surface area (Å²) in [5, 5.41) is 0. The van der Waals surface area contributed by atoms with E-state index in [-0.39, 0.29) is 0 Å². The molecule has 2 saturated heterocycles. The molecular formula is C17H25B. The number of fused-ring (bicyclic) bond motifs is 2. The molecule has 2 fully saturated rings. The van der Waals surface area contributed by atoms with Gasteiger partial charge in [0, 0.05) is 0 Å². The predicted octanol–water partition coefficient (Wildman–Crippen LogP) is 4.42. The van der Waals surface area contributed by atoms with Crippen LogP contribution in [0.15, 0.2) is 12.1 Å². The Kier molecular flexibility index (Phi) is 3.26. The van der Waals surface area contributed by atoms with Crippen LogP contribution in [0.25, 0.3) is 0 Å². The number of hydrogen-bond acceptors (Lipinski definition) is 0. The smallest absolute Gasteiger partial charge is 0.0737 e. The minimum atomic E-state index is 0.882. The average molecular weight is 240 g/mol. The third-order valence-electron chi connectivity index (χ3n) is 5.39. The van der Waals surface area contributed by atoms with Crippen LogP contribution in [0, 0.1) is 20.8 Å². The molecule has 2 bridgehead atoms. The van der Waals surface area contributed by atoms with E-state index >= 15 is 0 Å². The average Bonchev–Trinajstić information content (AvgIpc) is 2.27. The molecule has 3 rings (SSSR count). The molecule has 96 valence electrons. The highest BCUT2D eigenvalue weighted by Crippen LogP contribution is 2.46. The summed E-state index contributed by atoms with van der Waals surface area (Å²) in [4.78, 5) is 0. The second-order valence-corrected chi connectivity index (χ2v) is 6.72. The van der Waals surface area contributed by atoms with Gasteiger partial charge in [-0.1, -0.05) is 84.4 Å². The number of benzene rings is 1. The zero-order chi connectivity index (χ0) is 12.7. The molecule has 0 unspecified atom stereocenters. The van der Waals surface area contributed by atoms with E-state index in [1.807, 2.05) is 0 Å². The molecule has 0 atom stereocenters. The maximum atomic E-state index is 2.40. The lowest BCUT2D eigenvalue weighted by atomic mass is 9.24. The van der Waals surface area contributed by atoms with Gasteiger partial charge in [0.2, 0.25) is 0 Å². The summed E-state index contributed by atoms with van der Waals surface area (Å²) in [6, 6.07) is 4.79. The lowest BCUT2D eigenvalue weighted by molar-refractivity contribution is 0.448. The monoisotopic (exact) mass is 240 g/mol. The first-order chi connectivity index (χ1) is 8.66. The fraction of sp³-hybridized carbons (Fsp3) is 0.647. The van der Waals surface area contributed by atoms with Crippen LogP contribution in [-0.4, -0.2) is 6.71 Å². The highest BCUT2D eigenvalue weighted by Gasteiger charge is 2.41. The van der Waals surface area contributed by atoms with Gasteiger partial charge in [0.25, 0.3) is 0 Å². The third kappa shape index (κ3) is 2.02. The van der Waals surface area contributed by atoms with Gasteiger partial charge in [-0.2, -0.15) is 0 Å². The maximum Gasteiger partial charge on any atom is 0.182 e. The Bertz CT molecular complexity index is 404. The van der Waals surface area contributed by atoms with Gasteiger partial charge in [0.1, 0.15) is 0 Å². The highest BCUT2D eigenvalue weighted by atomic mass is 14.3. The fourth-order valence-electron chi connectivity index (χ4n) is 4.86. The molecule has 2 aliphatic heterocycles. The van der Waals surface area contributed by atoms with Crippen molar-refractivity contribution in [2.24, 2.45) is 0 Å². The zero-order valence-corrected chi connectivity index (χ0v) is 12.1. The number of rotatable bonds is 1. The molecule has 0 radical (unpaired) electrons. The number of hydrogen-bond donors (Lipinski definition) is 0. The van der Waals surface area contributed by atoms with Crippen molar-refractivity contribution < 1.29 is 0 Å². The summed E-state index contributed by atoms with van der Waals surface area (Å²) in [5.74, 6) is 1.97. The summed E-state index contributed by atoms with van der Waals surface area (Å²) in [7, 11) is 0. The van der Waals surface area contributed by atoms with Gasteiger partial charge < -0.3 is 0 Å². The summed E-state index contributed by atoms with van der Waals surface area (Å²) < 4.78 is 0. The van der Waals surface area contributed by atoms with E-state index in [0.29, 0.717) is 0 Å². The molecule has 18 heavy (non-hydrogen) atoms. The van der Waals surface area contributed by atoms with Crippen molar-refractivity contribution in [3.8, 4) is 0 Å². The molecule has 0 aliphatic carbocycles. The molecular weight excluding hydrogens is 215 g/mol. The normalized spacial score (nSPS) is 27.4. The molecule has 0 amide bonds. The Hall–Kier alpha value is -0.715. The van der Waals surface area contributed by atoms with Crippen molar-refractivity contribution in [2.45, 2.75) is 70.9 Å². The Morgan fingerprint density at radius 2 is 1.28 bits per heavy atom. The largest absolute Gasteiger partial charge is 0.182 e. The van der Waals surface area contributed by atoms with Crippen molar-refractivity contribution in [3.05, 3.63) is 28.8 Å². The molecule has 0 nitrogen and oxygen atoms in total. The molecule has 1 aromatic carbocycles. The van der Waals surface area contributed by atoms with Crippen molar-refractivity contribution in [3.63, 3.8) is 0 Å². The van der Waals surface area contributed by atoms with Crippen LogP contribution in [0.5, 0.6) is 0 Å². The minimum absolute atomic E-state index is 0.882. The van der Waals surface area contributed by atoms with E-state index in [1.165, 1.54) is 44.1 Å². The minimum Gasteiger partial charge on any atom is -0.0737 e. The second kappa shape index (κ2) is 4.76. The first-order valence-corrected chi connectivity index (χ1v) is 7.74. The molecule has 1 heteroatoms. The van der Waals surface area contributed by atoms with Crippen LogP contribution in [-0.2, 0) is 0 Å².